The van der Waals surface area contributed by atoms with Gasteiger partial charge in [0.15, 0.2) is 0 Å². The van der Waals surface area contributed by atoms with E-state index in [1.54, 1.807) is 6.07 Å². The molecule has 7 heteroatoms. The molecular weight excluding hydrogens is 420 g/mol. The summed E-state index contributed by atoms with van der Waals surface area (Å²) < 4.78 is 6.57. The first-order valence-corrected chi connectivity index (χ1v) is 9.75. The van der Waals surface area contributed by atoms with Gasteiger partial charge in [0, 0.05) is 10.0 Å². The molecule has 0 aliphatic rings. The number of aromatic amines is 1. The number of H-pyrrole nitrogens is 1. The minimum atomic E-state index is -0.349. The zero-order valence-corrected chi connectivity index (χ0v) is 17.3. The number of benzene rings is 2. The predicted octanol–water partition coefficient (Wildman–Crippen LogP) is 4.78. The van der Waals surface area contributed by atoms with E-state index in [4.69, 9.17) is 4.74 Å². The lowest BCUT2D eigenvalue weighted by molar-refractivity contribution is 0.0950. The van der Waals surface area contributed by atoms with Gasteiger partial charge in [0.25, 0.3) is 5.91 Å². The van der Waals surface area contributed by atoms with Crippen LogP contribution >= 0.6 is 15.9 Å². The number of carbonyl (C=O) groups excluding carboxylic acids is 1. The van der Waals surface area contributed by atoms with Gasteiger partial charge < -0.3 is 4.74 Å². The van der Waals surface area contributed by atoms with E-state index in [-0.39, 0.29) is 5.91 Å². The van der Waals surface area contributed by atoms with Crippen molar-refractivity contribution < 1.29 is 9.53 Å². The molecule has 0 radical (unpaired) electrons. The molecule has 2 aromatic carbocycles. The van der Waals surface area contributed by atoms with Crippen LogP contribution in [0.25, 0.3) is 11.3 Å². The van der Waals surface area contributed by atoms with Gasteiger partial charge in [0.2, 0.25) is 0 Å². The maximum atomic E-state index is 12.3. The molecule has 0 spiro atoms. The van der Waals surface area contributed by atoms with Crippen LogP contribution in [-0.2, 0) is 0 Å². The molecule has 0 bridgehead atoms. The van der Waals surface area contributed by atoms with Crippen LogP contribution in [0.5, 0.6) is 5.75 Å². The summed E-state index contributed by atoms with van der Waals surface area (Å²) in [5.41, 5.74) is 6.12. The van der Waals surface area contributed by atoms with E-state index in [1.165, 1.54) is 0 Å². The molecule has 3 rings (SSSR count). The average Bonchev–Trinajstić information content (AvgIpc) is 3.21. The fourth-order valence-corrected chi connectivity index (χ4v) is 2.74. The highest BCUT2D eigenvalue weighted by atomic mass is 79.9. The molecule has 0 fully saturated rings. The Morgan fingerprint density at radius 1 is 1.18 bits per heavy atom. The summed E-state index contributed by atoms with van der Waals surface area (Å²) in [5.74, 6) is 0.468. The molecule has 0 aliphatic carbocycles. The second kappa shape index (κ2) is 9.32. The van der Waals surface area contributed by atoms with Gasteiger partial charge in [-0.05, 0) is 61.4 Å². The first-order chi connectivity index (χ1) is 13.6. The Kier molecular flexibility index (Phi) is 6.60. The van der Waals surface area contributed by atoms with Crippen LogP contribution in [0.1, 0.15) is 36.3 Å². The Morgan fingerprint density at radius 2 is 1.89 bits per heavy atom. The van der Waals surface area contributed by atoms with Gasteiger partial charge in [-0.2, -0.15) is 10.2 Å². The zero-order chi connectivity index (χ0) is 19.9. The molecule has 0 aliphatic heterocycles. The van der Waals surface area contributed by atoms with E-state index in [0.29, 0.717) is 23.7 Å². The Hall–Kier alpha value is -2.93. The predicted molar refractivity (Wildman–Crippen MR) is 114 cm³/mol. The van der Waals surface area contributed by atoms with Crippen LogP contribution in [-0.4, -0.2) is 28.4 Å². The Bertz CT molecular complexity index is 963. The van der Waals surface area contributed by atoms with Crippen molar-refractivity contribution >= 4 is 27.5 Å². The van der Waals surface area contributed by atoms with Crippen LogP contribution in [0.3, 0.4) is 0 Å². The lowest BCUT2D eigenvalue weighted by Crippen LogP contribution is -2.19. The third-order valence-corrected chi connectivity index (χ3v) is 4.56. The highest BCUT2D eigenvalue weighted by Crippen LogP contribution is 2.21. The molecule has 1 amide bonds. The van der Waals surface area contributed by atoms with Gasteiger partial charge in [-0.3, -0.25) is 9.89 Å². The van der Waals surface area contributed by atoms with Gasteiger partial charge in [-0.1, -0.05) is 35.0 Å². The van der Waals surface area contributed by atoms with Crippen molar-refractivity contribution in [2.24, 2.45) is 5.10 Å². The van der Waals surface area contributed by atoms with Crippen LogP contribution < -0.4 is 10.2 Å². The van der Waals surface area contributed by atoms with Crippen molar-refractivity contribution in [3.8, 4) is 17.0 Å². The molecule has 0 saturated heterocycles. The van der Waals surface area contributed by atoms with Gasteiger partial charge in [0.1, 0.15) is 11.4 Å². The number of hydrazone groups is 1. The van der Waals surface area contributed by atoms with Crippen molar-refractivity contribution in [1.29, 1.82) is 0 Å². The number of aromatic nitrogens is 2. The molecule has 3 aromatic rings. The molecule has 0 atom stereocenters. The summed E-state index contributed by atoms with van der Waals surface area (Å²) in [5, 5.41) is 11.1. The van der Waals surface area contributed by atoms with E-state index < -0.39 is 0 Å². The Labute approximate surface area is 172 Å². The number of amides is 1. The Balaban J connectivity index is 1.65. The lowest BCUT2D eigenvalue weighted by atomic mass is 10.1. The molecule has 0 saturated carbocycles. The fourth-order valence-electron chi connectivity index (χ4n) is 2.48. The maximum Gasteiger partial charge on any atom is 0.289 e. The number of rotatable bonds is 7. The summed E-state index contributed by atoms with van der Waals surface area (Å²) >= 11 is 3.40. The summed E-state index contributed by atoms with van der Waals surface area (Å²) in [7, 11) is 0. The number of ether oxygens (including phenoxy) is 1. The van der Waals surface area contributed by atoms with Crippen molar-refractivity contribution in [2.45, 2.75) is 20.3 Å². The van der Waals surface area contributed by atoms with E-state index in [2.05, 4.69) is 43.6 Å². The molecule has 28 heavy (non-hydrogen) atoms. The highest BCUT2D eigenvalue weighted by Gasteiger charge is 2.11. The normalized spacial score (nSPS) is 11.3. The first kappa shape index (κ1) is 19.8. The topological polar surface area (TPSA) is 79.4 Å². The number of hydrogen-bond donors (Lipinski definition) is 2. The summed E-state index contributed by atoms with van der Waals surface area (Å²) in [6.45, 7) is 4.59. The summed E-state index contributed by atoms with van der Waals surface area (Å²) in [4.78, 5) is 12.3. The lowest BCUT2D eigenvalue weighted by Gasteiger charge is -2.04. The third kappa shape index (κ3) is 5.07. The van der Waals surface area contributed by atoms with Gasteiger partial charge >= 0.3 is 0 Å². The van der Waals surface area contributed by atoms with Crippen molar-refractivity contribution in [3.05, 3.63) is 70.3 Å². The molecule has 1 aromatic heterocycles. The molecule has 144 valence electrons. The minimum Gasteiger partial charge on any atom is -0.494 e. The second-order valence-electron chi connectivity index (χ2n) is 6.18. The van der Waals surface area contributed by atoms with Gasteiger partial charge in [-0.25, -0.2) is 5.43 Å². The highest BCUT2D eigenvalue weighted by molar-refractivity contribution is 9.10. The second-order valence-corrected chi connectivity index (χ2v) is 7.10. The maximum absolute atomic E-state index is 12.3. The van der Waals surface area contributed by atoms with Gasteiger partial charge in [0.05, 0.1) is 18.0 Å². The number of hydrogen-bond acceptors (Lipinski definition) is 4. The third-order valence-electron chi connectivity index (χ3n) is 4.03. The van der Waals surface area contributed by atoms with E-state index in [9.17, 15) is 4.79 Å². The zero-order valence-electron chi connectivity index (χ0n) is 15.7. The first-order valence-electron chi connectivity index (χ1n) is 8.96. The van der Waals surface area contributed by atoms with Crippen LogP contribution in [0.15, 0.2) is 64.2 Å². The van der Waals surface area contributed by atoms with Crippen LogP contribution in [0.4, 0.5) is 0 Å². The standard InChI is InChI=1S/C21H21BrN4O2/c1-3-12-28-18-10-6-16(7-11-18)19-13-20(25-24-19)21(27)26-23-14(2)15-4-8-17(22)9-5-15/h4-11,13H,3,12H2,1-2H3,(H,24,25)(H,26,27). The molecular formula is C21H21BrN4O2. The number of carbonyl (C=O) groups is 1. The molecule has 1 heterocycles. The quantitative estimate of drug-likeness (QED) is 0.409. The average molecular weight is 441 g/mol. The number of nitrogens with zero attached hydrogens (tertiary/aromatic N) is 2. The van der Waals surface area contributed by atoms with Crippen molar-refractivity contribution in [3.63, 3.8) is 0 Å². The smallest absolute Gasteiger partial charge is 0.289 e. The van der Waals surface area contributed by atoms with E-state index in [1.807, 2.05) is 55.5 Å². The number of halogens is 1. The molecule has 6 nitrogen and oxygen atoms in total. The van der Waals surface area contributed by atoms with Crippen LogP contribution in [0.2, 0.25) is 0 Å². The monoisotopic (exact) mass is 440 g/mol. The Morgan fingerprint density at radius 3 is 2.57 bits per heavy atom. The molecule has 0 unspecified atom stereocenters. The van der Waals surface area contributed by atoms with E-state index >= 15 is 0 Å². The summed E-state index contributed by atoms with van der Waals surface area (Å²) in [6.07, 6.45) is 0.962. The summed E-state index contributed by atoms with van der Waals surface area (Å²) in [6, 6.07) is 17.0. The number of nitrogens with one attached hydrogen (secondary N) is 2. The van der Waals surface area contributed by atoms with Crippen molar-refractivity contribution in [2.75, 3.05) is 6.61 Å². The van der Waals surface area contributed by atoms with Gasteiger partial charge in [-0.15, -0.1) is 0 Å². The fraction of sp³-hybridized carbons (Fsp3) is 0.190. The van der Waals surface area contributed by atoms with E-state index in [0.717, 1.165) is 27.8 Å². The largest absolute Gasteiger partial charge is 0.494 e. The van der Waals surface area contributed by atoms with Crippen LogP contribution in [0, 0.1) is 0 Å². The minimum absolute atomic E-state index is 0.341. The molecule has 2 N–H and O–H groups in total. The van der Waals surface area contributed by atoms with Crippen molar-refractivity contribution in [1.82, 2.24) is 15.6 Å². The SMILES string of the molecule is CCCOc1ccc(-c2cc(C(=O)NN=C(C)c3ccc(Br)cc3)[nH]n2)cc1.